The van der Waals surface area contributed by atoms with E-state index in [1.54, 1.807) is 23.9 Å². The third-order valence-electron chi connectivity index (χ3n) is 2.46. The van der Waals surface area contributed by atoms with Crippen LogP contribution in [0.2, 0.25) is 0 Å². The zero-order chi connectivity index (χ0) is 13.0. The van der Waals surface area contributed by atoms with Gasteiger partial charge in [-0.25, -0.2) is 9.38 Å². The molecule has 0 aliphatic heterocycles. The molecule has 2 N–H and O–H groups in total. The first kappa shape index (κ1) is 12.6. The lowest BCUT2D eigenvalue weighted by Gasteiger charge is -2.02. The van der Waals surface area contributed by atoms with Crippen LogP contribution in [0.3, 0.4) is 0 Å². The van der Waals surface area contributed by atoms with Crippen molar-refractivity contribution >= 4 is 23.3 Å². The van der Waals surface area contributed by atoms with Crippen molar-refractivity contribution in [3.63, 3.8) is 0 Å². The van der Waals surface area contributed by atoms with Crippen LogP contribution in [-0.4, -0.2) is 12.1 Å². The maximum Gasteiger partial charge on any atom is 0.131 e. The number of amidine groups is 1. The van der Waals surface area contributed by atoms with E-state index in [9.17, 15) is 4.39 Å². The molecule has 0 aromatic heterocycles. The Hall–Kier alpha value is -1.81. The Balaban J connectivity index is 2.23. The number of nitrogens with zero attached hydrogens (tertiary/aromatic N) is 1. The molecule has 2 nitrogen and oxygen atoms in total. The van der Waals surface area contributed by atoms with E-state index in [2.05, 4.69) is 4.99 Å². The fourth-order valence-electron chi connectivity index (χ4n) is 1.48. The summed E-state index contributed by atoms with van der Waals surface area (Å²) < 4.78 is 12.8. The molecule has 0 saturated carbocycles. The van der Waals surface area contributed by atoms with Gasteiger partial charge < -0.3 is 5.73 Å². The van der Waals surface area contributed by atoms with Crippen LogP contribution >= 0.6 is 11.8 Å². The van der Waals surface area contributed by atoms with Gasteiger partial charge in [-0.3, -0.25) is 0 Å². The minimum atomic E-state index is -0.282. The van der Waals surface area contributed by atoms with E-state index < -0.39 is 0 Å². The predicted molar refractivity (Wildman–Crippen MR) is 75.0 cm³/mol. The van der Waals surface area contributed by atoms with Crippen molar-refractivity contribution < 1.29 is 4.39 Å². The maximum absolute atomic E-state index is 12.8. The molecule has 0 saturated heterocycles. The summed E-state index contributed by atoms with van der Waals surface area (Å²) in [5.74, 6) is 0.0998. The zero-order valence-corrected chi connectivity index (χ0v) is 10.7. The summed E-state index contributed by atoms with van der Waals surface area (Å²) in [4.78, 5) is 5.47. The summed E-state index contributed by atoms with van der Waals surface area (Å²) in [5, 5.41) is 0. The first-order valence-electron chi connectivity index (χ1n) is 5.43. The summed E-state index contributed by atoms with van der Waals surface area (Å²) in [6.07, 6.45) is 2.02. The third-order valence-corrected chi connectivity index (χ3v) is 3.21. The van der Waals surface area contributed by atoms with E-state index in [4.69, 9.17) is 5.73 Å². The minimum Gasteiger partial charge on any atom is -0.383 e. The molecule has 18 heavy (non-hydrogen) atoms. The van der Waals surface area contributed by atoms with Crippen LogP contribution in [-0.2, 0) is 0 Å². The average Bonchev–Trinajstić information content (AvgIpc) is 2.40. The fourth-order valence-corrected chi connectivity index (χ4v) is 1.89. The first-order chi connectivity index (χ1) is 8.69. The molecule has 0 aliphatic rings. The lowest BCUT2D eigenvalue weighted by atomic mass is 10.2. The Morgan fingerprint density at radius 2 is 1.67 bits per heavy atom. The van der Waals surface area contributed by atoms with Crippen molar-refractivity contribution in [1.82, 2.24) is 0 Å². The summed E-state index contributed by atoms with van der Waals surface area (Å²) in [6, 6.07) is 13.8. The van der Waals surface area contributed by atoms with Crippen molar-refractivity contribution in [2.45, 2.75) is 4.90 Å². The van der Waals surface area contributed by atoms with Gasteiger partial charge in [0.25, 0.3) is 0 Å². The lowest BCUT2D eigenvalue weighted by molar-refractivity contribution is 0.628. The van der Waals surface area contributed by atoms with Gasteiger partial charge in [-0.05, 0) is 54.8 Å². The molecule has 4 heteroatoms. The number of thioether (sulfide) groups is 1. The van der Waals surface area contributed by atoms with Gasteiger partial charge in [0.2, 0.25) is 0 Å². The van der Waals surface area contributed by atoms with E-state index in [1.807, 2.05) is 30.5 Å². The quantitative estimate of drug-likeness (QED) is 0.520. The molecule has 0 unspecified atom stereocenters. The molecule has 0 fully saturated rings. The summed E-state index contributed by atoms with van der Waals surface area (Å²) in [6.45, 7) is 0. The number of aliphatic imine (C=N–C) groups is 1. The fraction of sp³-hybridized carbons (Fsp3) is 0.0714. The Kier molecular flexibility index (Phi) is 3.99. The van der Waals surface area contributed by atoms with Crippen molar-refractivity contribution in [1.29, 1.82) is 0 Å². The summed E-state index contributed by atoms with van der Waals surface area (Å²) >= 11 is 1.67. The second-order valence-corrected chi connectivity index (χ2v) is 4.58. The largest absolute Gasteiger partial charge is 0.383 e. The van der Waals surface area contributed by atoms with Crippen LogP contribution in [0.4, 0.5) is 10.1 Å². The minimum absolute atomic E-state index is 0.282. The highest BCUT2D eigenvalue weighted by Gasteiger charge is 1.99. The molecule has 2 aromatic rings. The molecule has 0 amide bonds. The second-order valence-electron chi connectivity index (χ2n) is 3.70. The highest BCUT2D eigenvalue weighted by Crippen LogP contribution is 2.19. The van der Waals surface area contributed by atoms with E-state index in [0.29, 0.717) is 11.4 Å². The van der Waals surface area contributed by atoms with Gasteiger partial charge in [0, 0.05) is 10.5 Å². The number of rotatable bonds is 3. The normalized spacial score (nSPS) is 11.6. The SMILES string of the molecule is CSc1ccc(N=C(N)c2ccc(F)cc2)cc1. The van der Waals surface area contributed by atoms with Gasteiger partial charge in [0.1, 0.15) is 11.7 Å². The summed E-state index contributed by atoms with van der Waals surface area (Å²) in [7, 11) is 0. The van der Waals surface area contributed by atoms with Gasteiger partial charge >= 0.3 is 0 Å². The highest BCUT2D eigenvalue weighted by molar-refractivity contribution is 7.98. The smallest absolute Gasteiger partial charge is 0.131 e. The van der Waals surface area contributed by atoms with E-state index in [-0.39, 0.29) is 5.82 Å². The highest BCUT2D eigenvalue weighted by atomic mass is 32.2. The molecule has 0 heterocycles. The van der Waals surface area contributed by atoms with Crippen LogP contribution < -0.4 is 5.73 Å². The maximum atomic E-state index is 12.8. The monoisotopic (exact) mass is 260 g/mol. The van der Waals surface area contributed by atoms with Gasteiger partial charge in [0.05, 0.1) is 5.69 Å². The topological polar surface area (TPSA) is 38.4 Å². The van der Waals surface area contributed by atoms with Crippen LogP contribution in [0, 0.1) is 5.82 Å². The van der Waals surface area contributed by atoms with E-state index in [0.717, 1.165) is 5.69 Å². The molecule has 92 valence electrons. The second kappa shape index (κ2) is 5.69. The van der Waals surface area contributed by atoms with Crippen molar-refractivity contribution in [2.24, 2.45) is 10.7 Å². The van der Waals surface area contributed by atoms with Crippen LogP contribution in [0.5, 0.6) is 0 Å². The van der Waals surface area contributed by atoms with Crippen LogP contribution in [0.1, 0.15) is 5.56 Å². The van der Waals surface area contributed by atoms with Crippen molar-refractivity contribution in [2.75, 3.05) is 6.26 Å². The van der Waals surface area contributed by atoms with Crippen LogP contribution in [0.15, 0.2) is 58.4 Å². The van der Waals surface area contributed by atoms with Gasteiger partial charge in [-0.1, -0.05) is 0 Å². The number of halogens is 1. The predicted octanol–water partition coefficient (Wildman–Crippen LogP) is 3.58. The van der Waals surface area contributed by atoms with E-state index in [1.165, 1.54) is 17.0 Å². The number of benzene rings is 2. The van der Waals surface area contributed by atoms with Crippen LogP contribution in [0.25, 0.3) is 0 Å². The molecular formula is C14H13FN2S. The molecule has 2 rings (SSSR count). The molecule has 2 aromatic carbocycles. The standard InChI is InChI=1S/C14H13FN2S/c1-18-13-8-6-12(7-9-13)17-14(16)10-2-4-11(15)5-3-10/h2-9H,1H3,(H2,16,17). The Morgan fingerprint density at radius 3 is 2.22 bits per heavy atom. The Morgan fingerprint density at radius 1 is 1.06 bits per heavy atom. The molecule has 0 atom stereocenters. The Labute approximate surface area is 110 Å². The molecular weight excluding hydrogens is 247 g/mol. The van der Waals surface area contributed by atoms with Crippen molar-refractivity contribution in [3.8, 4) is 0 Å². The van der Waals surface area contributed by atoms with E-state index >= 15 is 0 Å². The van der Waals surface area contributed by atoms with Crippen molar-refractivity contribution in [3.05, 3.63) is 59.9 Å². The zero-order valence-electron chi connectivity index (χ0n) is 9.93. The Bertz CT molecular complexity index is 547. The lowest BCUT2D eigenvalue weighted by Crippen LogP contribution is -2.12. The number of hydrogen-bond acceptors (Lipinski definition) is 2. The average molecular weight is 260 g/mol. The number of hydrogen-bond donors (Lipinski definition) is 1. The van der Waals surface area contributed by atoms with Gasteiger partial charge in [0.15, 0.2) is 0 Å². The molecule has 0 radical (unpaired) electrons. The first-order valence-corrected chi connectivity index (χ1v) is 6.65. The third kappa shape index (κ3) is 3.11. The molecule has 0 spiro atoms. The van der Waals surface area contributed by atoms with Gasteiger partial charge in [-0.15, -0.1) is 11.8 Å². The molecule has 0 bridgehead atoms. The summed E-state index contributed by atoms with van der Waals surface area (Å²) in [5.41, 5.74) is 7.37. The number of nitrogens with two attached hydrogens (primary N) is 1. The van der Waals surface area contributed by atoms with Gasteiger partial charge in [-0.2, -0.15) is 0 Å². The molecule has 0 aliphatic carbocycles.